The first-order valence-corrected chi connectivity index (χ1v) is 13.3. The van der Waals surface area contributed by atoms with Crippen LogP contribution < -0.4 is 0 Å². The number of carbonyl (C=O) groups is 1. The molecule has 0 spiro atoms. The van der Waals surface area contributed by atoms with Crippen molar-refractivity contribution < 1.29 is 31.5 Å². The van der Waals surface area contributed by atoms with Crippen LogP contribution in [0.15, 0.2) is 0 Å². The molecule has 0 fully saturated rings. The minimum absolute atomic E-state index is 0.304. The minimum atomic E-state index is -5.91. The lowest BCUT2D eigenvalue weighted by molar-refractivity contribution is -0.280. The van der Waals surface area contributed by atoms with Crippen molar-refractivity contribution in [3.63, 3.8) is 0 Å². The van der Waals surface area contributed by atoms with E-state index in [1.165, 1.54) is 103 Å². The van der Waals surface area contributed by atoms with E-state index in [2.05, 4.69) is 11.7 Å². The van der Waals surface area contributed by atoms with Crippen LogP contribution in [0.25, 0.3) is 0 Å². The van der Waals surface area contributed by atoms with Gasteiger partial charge in [-0.25, -0.2) is 4.79 Å². The molecule has 0 bridgehead atoms. The lowest BCUT2D eigenvalue weighted by Crippen LogP contribution is -2.45. The zero-order valence-electron chi connectivity index (χ0n) is 20.8. The second kappa shape index (κ2) is 20.5. The van der Waals surface area contributed by atoms with Crippen LogP contribution in [0, 0.1) is 0 Å². The topological polar surface area (TPSA) is 26.3 Å². The molecular weight excluding hydrogens is 439 g/mol. The van der Waals surface area contributed by atoms with Gasteiger partial charge < -0.3 is 4.74 Å². The molecule has 0 aliphatic carbocycles. The molecule has 0 saturated carbocycles. The summed E-state index contributed by atoms with van der Waals surface area (Å²) in [7, 11) is 0. The van der Waals surface area contributed by atoms with Crippen LogP contribution in [0.3, 0.4) is 0 Å². The van der Waals surface area contributed by atoms with E-state index in [4.69, 9.17) is 0 Å². The summed E-state index contributed by atoms with van der Waals surface area (Å²) in [5.74, 6) is -7.94. The molecule has 0 aromatic heterocycles. The highest BCUT2D eigenvalue weighted by Crippen LogP contribution is 2.36. The number of ether oxygens (including phenoxy) is 1. The molecule has 0 N–H and O–H groups in total. The summed E-state index contributed by atoms with van der Waals surface area (Å²) >= 11 is 0. The van der Waals surface area contributed by atoms with E-state index in [-0.39, 0.29) is 0 Å². The van der Waals surface area contributed by atoms with E-state index < -0.39 is 24.7 Å². The van der Waals surface area contributed by atoms with Crippen LogP contribution in [0.2, 0.25) is 0 Å². The van der Waals surface area contributed by atoms with Crippen molar-refractivity contribution in [2.24, 2.45) is 0 Å². The Balaban J connectivity index is 3.25. The van der Waals surface area contributed by atoms with E-state index in [9.17, 15) is 26.7 Å². The first kappa shape index (κ1) is 32.1. The third kappa shape index (κ3) is 18.2. The van der Waals surface area contributed by atoms with Crippen molar-refractivity contribution in [3.8, 4) is 0 Å². The Morgan fingerprint density at radius 2 is 0.788 bits per heavy atom. The van der Waals surface area contributed by atoms with Gasteiger partial charge in [0, 0.05) is 0 Å². The van der Waals surface area contributed by atoms with Gasteiger partial charge in [-0.2, -0.15) is 22.0 Å². The Hall–Kier alpha value is -0.880. The van der Waals surface area contributed by atoms with Gasteiger partial charge in [-0.15, -0.1) is 0 Å². The summed E-state index contributed by atoms with van der Waals surface area (Å²) in [4.78, 5) is 10.8. The summed E-state index contributed by atoms with van der Waals surface area (Å²) in [6.07, 6.45) is 19.5. The van der Waals surface area contributed by atoms with E-state index in [0.29, 0.717) is 12.8 Å². The van der Waals surface area contributed by atoms with Crippen LogP contribution in [0.5, 0.6) is 0 Å². The van der Waals surface area contributed by atoms with Gasteiger partial charge in [-0.3, -0.25) is 0 Å². The third-order valence-corrected chi connectivity index (χ3v) is 6.09. The fourth-order valence-electron chi connectivity index (χ4n) is 3.91. The highest BCUT2D eigenvalue weighted by Gasteiger charge is 2.64. The lowest BCUT2D eigenvalue weighted by atomic mass is 10.0. The van der Waals surface area contributed by atoms with Gasteiger partial charge in [0.15, 0.2) is 0 Å². The maximum Gasteiger partial charge on any atom is 0.465 e. The number of unbranched alkanes of at least 4 members (excludes halogenated alkanes) is 20. The van der Waals surface area contributed by atoms with Gasteiger partial charge in [0.1, 0.15) is 0 Å². The van der Waals surface area contributed by atoms with Crippen molar-refractivity contribution in [2.75, 3.05) is 6.61 Å². The molecule has 0 aromatic rings. The van der Waals surface area contributed by atoms with Crippen LogP contribution in [0.1, 0.15) is 142 Å². The van der Waals surface area contributed by atoms with Crippen molar-refractivity contribution >= 4 is 5.97 Å². The molecule has 0 unspecified atom stereocenters. The predicted molar refractivity (Wildman–Crippen MR) is 125 cm³/mol. The number of halogens is 5. The Bertz CT molecular complexity index is 452. The monoisotopic (exact) mass is 486 g/mol. The Kier molecular flexibility index (Phi) is 19.9. The number of esters is 1. The zero-order chi connectivity index (χ0) is 24.8. The molecular formula is C26H47F5O2. The Morgan fingerprint density at radius 3 is 1.06 bits per heavy atom. The molecule has 0 aliphatic heterocycles. The van der Waals surface area contributed by atoms with Gasteiger partial charge in [0.05, 0.1) is 6.61 Å². The Morgan fingerprint density at radius 1 is 0.515 bits per heavy atom. The molecule has 33 heavy (non-hydrogen) atoms. The van der Waals surface area contributed by atoms with Crippen molar-refractivity contribution in [2.45, 2.75) is 154 Å². The number of hydrogen-bond donors (Lipinski definition) is 0. The fraction of sp³-hybridized carbons (Fsp3) is 0.962. The first-order chi connectivity index (χ1) is 15.7. The highest BCUT2D eigenvalue weighted by atomic mass is 19.4. The van der Waals surface area contributed by atoms with Crippen LogP contribution in [0.4, 0.5) is 22.0 Å². The maximum atomic E-state index is 12.7. The van der Waals surface area contributed by atoms with Gasteiger partial charge in [0.2, 0.25) is 0 Å². The summed E-state index contributed by atoms with van der Waals surface area (Å²) in [5, 5.41) is 0. The molecule has 0 heterocycles. The van der Waals surface area contributed by atoms with E-state index in [1.807, 2.05) is 0 Å². The fourth-order valence-corrected chi connectivity index (χ4v) is 3.91. The summed E-state index contributed by atoms with van der Waals surface area (Å²) in [6.45, 7) is 1.86. The number of rotatable bonds is 23. The molecule has 0 radical (unpaired) electrons. The second-order valence-electron chi connectivity index (χ2n) is 9.28. The molecule has 0 aromatic carbocycles. The summed E-state index contributed by atoms with van der Waals surface area (Å²) < 4.78 is 65.4. The quantitative estimate of drug-likeness (QED) is 0.0816. The van der Waals surface area contributed by atoms with Gasteiger partial charge >= 0.3 is 18.1 Å². The lowest BCUT2D eigenvalue weighted by Gasteiger charge is -2.17. The predicted octanol–water partition coefficient (Wildman–Crippen LogP) is 9.94. The van der Waals surface area contributed by atoms with Gasteiger partial charge in [-0.1, -0.05) is 135 Å². The van der Waals surface area contributed by atoms with Crippen molar-refractivity contribution in [1.82, 2.24) is 0 Å². The molecule has 0 amide bonds. The molecule has 2 nitrogen and oxygen atoms in total. The van der Waals surface area contributed by atoms with Gasteiger partial charge in [0.25, 0.3) is 0 Å². The summed E-state index contributed by atoms with van der Waals surface area (Å²) in [5.41, 5.74) is 0. The first-order valence-electron chi connectivity index (χ1n) is 13.3. The molecule has 0 atom stereocenters. The second-order valence-corrected chi connectivity index (χ2v) is 9.28. The number of carbonyl (C=O) groups excluding carboxylic acids is 1. The van der Waals surface area contributed by atoms with Crippen LogP contribution in [-0.4, -0.2) is 24.7 Å². The maximum absolute atomic E-state index is 12.7. The van der Waals surface area contributed by atoms with Crippen LogP contribution in [-0.2, 0) is 9.53 Å². The molecule has 0 aliphatic rings. The normalized spacial score (nSPS) is 12.3. The van der Waals surface area contributed by atoms with Gasteiger partial charge in [-0.05, 0) is 6.42 Å². The average Bonchev–Trinajstić information content (AvgIpc) is 2.76. The van der Waals surface area contributed by atoms with E-state index in [1.54, 1.807) is 0 Å². The average molecular weight is 487 g/mol. The minimum Gasteiger partial charge on any atom is -0.461 e. The van der Waals surface area contributed by atoms with E-state index in [0.717, 1.165) is 19.3 Å². The third-order valence-electron chi connectivity index (χ3n) is 6.09. The van der Waals surface area contributed by atoms with Crippen molar-refractivity contribution in [3.05, 3.63) is 0 Å². The molecule has 198 valence electrons. The SMILES string of the molecule is CCCCCCCCCCCCCCCCCCCCCCCOC(=O)C(F)(F)C(F)(F)F. The smallest absolute Gasteiger partial charge is 0.461 e. The highest BCUT2D eigenvalue weighted by molar-refractivity contribution is 5.78. The standard InChI is InChI=1S/C26H47F5O2/c1-2-3-4-5-6-7-8-9-10-11-12-13-14-15-16-17-18-19-20-21-22-23-33-24(32)25(27,28)26(29,30)31/h2-23H2,1H3. The molecule has 0 saturated heterocycles. The molecule has 7 heteroatoms. The van der Waals surface area contributed by atoms with Crippen LogP contribution >= 0.6 is 0 Å². The zero-order valence-corrected chi connectivity index (χ0v) is 20.8. The van der Waals surface area contributed by atoms with Crippen molar-refractivity contribution in [1.29, 1.82) is 0 Å². The van der Waals surface area contributed by atoms with E-state index >= 15 is 0 Å². The number of hydrogen-bond acceptors (Lipinski definition) is 2. The number of alkyl halides is 5. The molecule has 0 rings (SSSR count). The largest absolute Gasteiger partial charge is 0.465 e. The summed E-state index contributed by atoms with van der Waals surface area (Å²) in [6, 6.07) is 0. The Labute approximate surface area is 198 Å².